The molecule has 0 aromatic carbocycles. The second-order valence-corrected chi connectivity index (χ2v) is 4.43. The zero-order chi connectivity index (χ0) is 13.1. The van der Waals surface area contributed by atoms with E-state index in [9.17, 15) is 4.79 Å². The zero-order valence-electron chi connectivity index (χ0n) is 11.9. The Hall–Kier alpha value is -0.610. The first kappa shape index (κ1) is 16.4. The van der Waals surface area contributed by atoms with Crippen molar-refractivity contribution < 1.29 is 4.79 Å². The summed E-state index contributed by atoms with van der Waals surface area (Å²) in [6.45, 7) is 13.1. The number of nitrogens with zero attached hydrogens (tertiary/aromatic N) is 1. The van der Waals surface area contributed by atoms with Crippen LogP contribution in [0.5, 0.6) is 0 Å². The van der Waals surface area contributed by atoms with Crippen molar-refractivity contribution in [2.24, 2.45) is 0 Å². The number of amides is 1. The van der Waals surface area contributed by atoms with E-state index in [1.54, 1.807) is 0 Å². The lowest BCUT2D eigenvalue weighted by Gasteiger charge is -2.17. The standard InChI is InChI=1S/C13H29N3O/c1-5-12(4)15-13(17)11-14-9-8-10-16(6-2)7-3/h12,14H,5-11H2,1-4H3,(H,15,17). The molecule has 0 radical (unpaired) electrons. The van der Waals surface area contributed by atoms with Gasteiger partial charge in [0.1, 0.15) is 0 Å². The van der Waals surface area contributed by atoms with Gasteiger partial charge in [-0.3, -0.25) is 4.79 Å². The Balaban J connectivity index is 3.42. The molecule has 0 aromatic heterocycles. The van der Waals surface area contributed by atoms with Crippen LogP contribution in [-0.4, -0.2) is 49.6 Å². The molecule has 102 valence electrons. The molecule has 1 amide bonds. The Kier molecular flexibility index (Phi) is 10.2. The third-order valence-corrected chi connectivity index (χ3v) is 3.03. The van der Waals surface area contributed by atoms with Crippen LogP contribution in [0.3, 0.4) is 0 Å². The minimum atomic E-state index is 0.0992. The fourth-order valence-electron chi connectivity index (χ4n) is 1.60. The summed E-state index contributed by atoms with van der Waals surface area (Å²) in [5.74, 6) is 0.0992. The van der Waals surface area contributed by atoms with Crippen molar-refractivity contribution in [3.63, 3.8) is 0 Å². The zero-order valence-corrected chi connectivity index (χ0v) is 11.9. The van der Waals surface area contributed by atoms with E-state index in [4.69, 9.17) is 0 Å². The quantitative estimate of drug-likeness (QED) is 0.567. The van der Waals surface area contributed by atoms with Crippen molar-refractivity contribution in [3.05, 3.63) is 0 Å². The lowest BCUT2D eigenvalue weighted by molar-refractivity contribution is -0.120. The van der Waals surface area contributed by atoms with Crippen LogP contribution in [0, 0.1) is 0 Å². The topological polar surface area (TPSA) is 44.4 Å². The van der Waals surface area contributed by atoms with Crippen molar-refractivity contribution in [2.75, 3.05) is 32.7 Å². The number of rotatable bonds is 10. The van der Waals surface area contributed by atoms with E-state index < -0.39 is 0 Å². The molecule has 0 aliphatic rings. The van der Waals surface area contributed by atoms with Crippen molar-refractivity contribution in [2.45, 2.75) is 46.6 Å². The molecule has 0 rings (SSSR count). The molecule has 1 unspecified atom stereocenters. The van der Waals surface area contributed by atoms with Gasteiger partial charge in [-0.1, -0.05) is 20.8 Å². The average Bonchev–Trinajstić information content (AvgIpc) is 2.33. The first-order valence-corrected chi connectivity index (χ1v) is 6.86. The smallest absolute Gasteiger partial charge is 0.234 e. The highest BCUT2D eigenvalue weighted by atomic mass is 16.1. The molecule has 0 aliphatic heterocycles. The molecule has 0 heterocycles. The van der Waals surface area contributed by atoms with Gasteiger partial charge in [-0.05, 0) is 45.9 Å². The molecule has 2 N–H and O–H groups in total. The molecule has 0 saturated heterocycles. The summed E-state index contributed by atoms with van der Waals surface area (Å²) >= 11 is 0. The minimum Gasteiger partial charge on any atom is -0.353 e. The summed E-state index contributed by atoms with van der Waals surface area (Å²) in [4.78, 5) is 13.8. The minimum absolute atomic E-state index is 0.0992. The highest BCUT2D eigenvalue weighted by Crippen LogP contribution is 1.89. The summed E-state index contributed by atoms with van der Waals surface area (Å²) in [6, 6.07) is 0.278. The first-order chi connectivity index (χ1) is 8.13. The molecule has 0 fully saturated rings. The molecular weight excluding hydrogens is 214 g/mol. The molecule has 0 bridgehead atoms. The van der Waals surface area contributed by atoms with E-state index in [0.29, 0.717) is 6.54 Å². The van der Waals surface area contributed by atoms with Gasteiger partial charge in [0.15, 0.2) is 0 Å². The Morgan fingerprint density at radius 1 is 1.24 bits per heavy atom. The Morgan fingerprint density at radius 2 is 1.88 bits per heavy atom. The van der Waals surface area contributed by atoms with Gasteiger partial charge in [0, 0.05) is 6.04 Å². The number of carbonyl (C=O) groups is 1. The Labute approximate surface area is 106 Å². The molecule has 0 saturated carbocycles. The van der Waals surface area contributed by atoms with Crippen LogP contribution in [0.4, 0.5) is 0 Å². The van der Waals surface area contributed by atoms with Crippen molar-refractivity contribution in [1.82, 2.24) is 15.5 Å². The van der Waals surface area contributed by atoms with Crippen molar-refractivity contribution in [1.29, 1.82) is 0 Å². The van der Waals surface area contributed by atoms with E-state index >= 15 is 0 Å². The number of hydrogen-bond donors (Lipinski definition) is 2. The monoisotopic (exact) mass is 243 g/mol. The summed E-state index contributed by atoms with van der Waals surface area (Å²) < 4.78 is 0. The van der Waals surface area contributed by atoms with Gasteiger partial charge in [0.2, 0.25) is 5.91 Å². The number of carbonyl (C=O) groups excluding carboxylic acids is 1. The van der Waals surface area contributed by atoms with Gasteiger partial charge in [-0.15, -0.1) is 0 Å². The largest absolute Gasteiger partial charge is 0.353 e. The molecule has 4 heteroatoms. The average molecular weight is 243 g/mol. The predicted molar refractivity (Wildman–Crippen MR) is 73.2 cm³/mol. The van der Waals surface area contributed by atoms with E-state index in [-0.39, 0.29) is 11.9 Å². The normalized spacial score (nSPS) is 12.8. The van der Waals surface area contributed by atoms with Crippen molar-refractivity contribution >= 4 is 5.91 Å². The maximum absolute atomic E-state index is 11.4. The summed E-state index contributed by atoms with van der Waals surface area (Å²) in [5, 5.41) is 6.12. The van der Waals surface area contributed by atoms with E-state index in [0.717, 1.165) is 39.0 Å². The molecule has 4 nitrogen and oxygen atoms in total. The molecule has 0 spiro atoms. The lowest BCUT2D eigenvalue weighted by Crippen LogP contribution is -2.39. The van der Waals surface area contributed by atoms with Crippen LogP contribution in [-0.2, 0) is 4.79 Å². The Bertz CT molecular complexity index is 193. The van der Waals surface area contributed by atoms with Crippen LogP contribution in [0.2, 0.25) is 0 Å². The van der Waals surface area contributed by atoms with Crippen LogP contribution >= 0.6 is 0 Å². The van der Waals surface area contributed by atoms with E-state index in [2.05, 4.69) is 36.3 Å². The fraction of sp³-hybridized carbons (Fsp3) is 0.923. The first-order valence-electron chi connectivity index (χ1n) is 6.86. The fourth-order valence-corrected chi connectivity index (χ4v) is 1.60. The third kappa shape index (κ3) is 9.12. The van der Waals surface area contributed by atoms with Gasteiger partial charge >= 0.3 is 0 Å². The van der Waals surface area contributed by atoms with E-state index in [1.807, 2.05) is 6.92 Å². The maximum atomic E-state index is 11.4. The number of nitrogens with one attached hydrogen (secondary N) is 2. The molecule has 17 heavy (non-hydrogen) atoms. The molecule has 1 atom stereocenters. The SMILES string of the molecule is CCC(C)NC(=O)CNCCCN(CC)CC. The molecule has 0 aromatic rings. The van der Waals surface area contributed by atoms with E-state index in [1.165, 1.54) is 0 Å². The van der Waals surface area contributed by atoms with Gasteiger partial charge in [0.05, 0.1) is 6.54 Å². The lowest BCUT2D eigenvalue weighted by atomic mass is 10.2. The van der Waals surface area contributed by atoms with Gasteiger partial charge in [0.25, 0.3) is 0 Å². The van der Waals surface area contributed by atoms with Crippen LogP contribution in [0.25, 0.3) is 0 Å². The number of hydrogen-bond acceptors (Lipinski definition) is 3. The second kappa shape index (κ2) is 10.5. The third-order valence-electron chi connectivity index (χ3n) is 3.03. The predicted octanol–water partition coefficient (Wildman–Crippen LogP) is 1.22. The summed E-state index contributed by atoms with van der Waals surface area (Å²) in [7, 11) is 0. The van der Waals surface area contributed by atoms with Gasteiger partial charge in [-0.2, -0.15) is 0 Å². The summed E-state index contributed by atoms with van der Waals surface area (Å²) in [6.07, 6.45) is 2.08. The maximum Gasteiger partial charge on any atom is 0.234 e. The molecule has 0 aliphatic carbocycles. The molecular formula is C13H29N3O. The van der Waals surface area contributed by atoms with Gasteiger partial charge in [-0.25, -0.2) is 0 Å². The summed E-state index contributed by atoms with van der Waals surface area (Å²) in [5.41, 5.74) is 0. The van der Waals surface area contributed by atoms with Crippen LogP contribution in [0.15, 0.2) is 0 Å². The Morgan fingerprint density at radius 3 is 2.41 bits per heavy atom. The van der Waals surface area contributed by atoms with Crippen LogP contribution < -0.4 is 10.6 Å². The second-order valence-electron chi connectivity index (χ2n) is 4.43. The highest BCUT2D eigenvalue weighted by Gasteiger charge is 2.04. The van der Waals surface area contributed by atoms with Crippen LogP contribution in [0.1, 0.15) is 40.5 Å². The highest BCUT2D eigenvalue weighted by molar-refractivity contribution is 5.78. The van der Waals surface area contributed by atoms with Crippen molar-refractivity contribution in [3.8, 4) is 0 Å². The van der Waals surface area contributed by atoms with Gasteiger partial charge < -0.3 is 15.5 Å².